The topological polar surface area (TPSA) is 59.1 Å². The van der Waals surface area contributed by atoms with Gasteiger partial charge in [0.05, 0.1) is 6.61 Å². The van der Waals surface area contributed by atoms with Crippen LogP contribution in [0.25, 0.3) is 11.1 Å². The fraction of sp³-hybridized carbons (Fsp3) is 0.154. The normalized spacial score (nSPS) is 10.4. The number of aryl methyl sites for hydroxylation is 1. The van der Waals surface area contributed by atoms with Gasteiger partial charge in [-0.2, -0.15) is 0 Å². The van der Waals surface area contributed by atoms with E-state index in [0.717, 1.165) is 11.1 Å². The summed E-state index contributed by atoms with van der Waals surface area (Å²) >= 11 is 0. The van der Waals surface area contributed by atoms with E-state index in [0.29, 0.717) is 11.4 Å². The number of nitrogens with zero attached hydrogens (tertiary/aromatic N) is 1. The fourth-order valence-electron chi connectivity index (χ4n) is 1.55. The van der Waals surface area contributed by atoms with Crippen molar-refractivity contribution in [2.45, 2.75) is 13.5 Å². The number of hydrogen-bond acceptors (Lipinski definition) is 3. The zero-order valence-electron chi connectivity index (χ0n) is 9.14. The minimum atomic E-state index is -0.0848. The molecule has 0 fully saturated rings. The highest BCUT2D eigenvalue weighted by Gasteiger charge is 2.03. The van der Waals surface area contributed by atoms with E-state index in [4.69, 9.17) is 10.8 Å². The van der Waals surface area contributed by atoms with Crippen molar-refractivity contribution < 1.29 is 5.11 Å². The average molecular weight is 214 g/mol. The molecule has 0 aliphatic carbocycles. The molecular formula is C13H14N2O. The summed E-state index contributed by atoms with van der Waals surface area (Å²) in [5.74, 6) is 0.387. The predicted molar refractivity (Wildman–Crippen MR) is 64.7 cm³/mol. The van der Waals surface area contributed by atoms with Gasteiger partial charge in [0.15, 0.2) is 0 Å². The molecule has 0 aliphatic heterocycles. The number of anilines is 1. The van der Waals surface area contributed by atoms with Gasteiger partial charge in [-0.1, -0.05) is 29.8 Å². The Balaban J connectivity index is 2.44. The molecule has 0 saturated carbocycles. The molecule has 82 valence electrons. The van der Waals surface area contributed by atoms with Crippen LogP contribution in [0.2, 0.25) is 0 Å². The first-order chi connectivity index (χ1) is 7.70. The van der Waals surface area contributed by atoms with Gasteiger partial charge in [0.25, 0.3) is 0 Å². The Hall–Kier alpha value is -1.87. The molecule has 0 spiro atoms. The molecule has 3 heteroatoms. The third kappa shape index (κ3) is 2.04. The number of hydrogen-bond donors (Lipinski definition) is 2. The fourth-order valence-corrected chi connectivity index (χ4v) is 1.55. The Kier molecular flexibility index (Phi) is 2.88. The van der Waals surface area contributed by atoms with Gasteiger partial charge in [-0.3, -0.25) is 0 Å². The van der Waals surface area contributed by atoms with Gasteiger partial charge in [-0.05, 0) is 18.6 Å². The van der Waals surface area contributed by atoms with Gasteiger partial charge in [-0.25, -0.2) is 4.98 Å². The zero-order chi connectivity index (χ0) is 11.5. The Morgan fingerprint density at radius 3 is 2.50 bits per heavy atom. The molecule has 2 aromatic rings. The molecule has 3 N–H and O–H groups in total. The molecule has 1 aromatic carbocycles. The first-order valence-corrected chi connectivity index (χ1v) is 5.13. The summed E-state index contributed by atoms with van der Waals surface area (Å²) in [5.41, 5.74) is 9.56. The Morgan fingerprint density at radius 2 is 1.88 bits per heavy atom. The van der Waals surface area contributed by atoms with Crippen molar-refractivity contribution in [2.75, 3.05) is 5.73 Å². The molecule has 0 bridgehead atoms. The number of pyridine rings is 1. The molecule has 2 rings (SSSR count). The maximum atomic E-state index is 9.11. The molecule has 0 atom stereocenters. The van der Waals surface area contributed by atoms with Crippen LogP contribution in [0.5, 0.6) is 0 Å². The molecule has 1 heterocycles. The second-order valence-electron chi connectivity index (χ2n) is 3.79. The van der Waals surface area contributed by atoms with E-state index in [1.165, 1.54) is 5.56 Å². The lowest BCUT2D eigenvalue weighted by atomic mass is 10.0. The van der Waals surface area contributed by atoms with Gasteiger partial charge in [0.1, 0.15) is 5.82 Å². The third-order valence-electron chi connectivity index (χ3n) is 2.56. The quantitative estimate of drug-likeness (QED) is 0.805. The van der Waals surface area contributed by atoms with Crippen LogP contribution >= 0.6 is 0 Å². The molecular weight excluding hydrogens is 200 g/mol. The van der Waals surface area contributed by atoms with Crippen LogP contribution in [0.3, 0.4) is 0 Å². The van der Waals surface area contributed by atoms with Gasteiger partial charge < -0.3 is 10.8 Å². The van der Waals surface area contributed by atoms with Crippen molar-refractivity contribution in [1.29, 1.82) is 0 Å². The zero-order valence-corrected chi connectivity index (χ0v) is 9.14. The van der Waals surface area contributed by atoms with E-state index in [-0.39, 0.29) is 6.61 Å². The van der Waals surface area contributed by atoms with Crippen molar-refractivity contribution in [3.63, 3.8) is 0 Å². The Labute approximate surface area is 94.6 Å². The number of aliphatic hydroxyl groups excluding tert-OH is 1. The lowest BCUT2D eigenvalue weighted by Crippen LogP contribution is -1.97. The van der Waals surface area contributed by atoms with Gasteiger partial charge in [-0.15, -0.1) is 0 Å². The van der Waals surface area contributed by atoms with Crippen LogP contribution in [-0.4, -0.2) is 10.1 Å². The SMILES string of the molecule is Cc1ccc(-c2cnc(N)c(CO)c2)cc1. The monoisotopic (exact) mass is 214 g/mol. The van der Waals surface area contributed by atoms with Crippen LogP contribution in [-0.2, 0) is 6.61 Å². The molecule has 3 nitrogen and oxygen atoms in total. The summed E-state index contributed by atoms with van der Waals surface area (Å²) in [4.78, 5) is 4.07. The van der Waals surface area contributed by atoms with Crippen LogP contribution in [0.15, 0.2) is 36.5 Å². The average Bonchev–Trinajstić information content (AvgIpc) is 2.31. The minimum Gasteiger partial charge on any atom is -0.392 e. The standard InChI is InChI=1S/C13H14N2O/c1-9-2-4-10(5-3-9)11-6-12(8-16)13(14)15-7-11/h2-7,16H,8H2,1H3,(H2,14,15). The van der Waals surface area contributed by atoms with Crippen LogP contribution in [0, 0.1) is 6.92 Å². The first kappa shape index (κ1) is 10.6. The summed E-state index contributed by atoms with van der Waals surface area (Å²) in [6.45, 7) is 1.96. The van der Waals surface area contributed by atoms with E-state index >= 15 is 0 Å². The number of benzene rings is 1. The number of nitrogen functional groups attached to an aromatic ring is 1. The summed E-state index contributed by atoms with van der Waals surface area (Å²) in [7, 11) is 0. The minimum absolute atomic E-state index is 0.0848. The predicted octanol–water partition coefficient (Wildman–Crippen LogP) is 2.13. The maximum absolute atomic E-state index is 9.11. The highest BCUT2D eigenvalue weighted by Crippen LogP contribution is 2.22. The van der Waals surface area contributed by atoms with Crippen molar-refractivity contribution in [3.8, 4) is 11.1 Å². The molecule has 0 saturated heterocycles. The van der Waals surface area contributed by atoms with Gasteiger partial charge in [0, 0.05) is 17.3 Å². The summed E-state index contributed by atoms with van der Waals surface area (Å²) in [6, 6.07) is 10.0. The number of nitrogens with two attached hydrogens (primary N) is 1. The number of aromatic nitrogens is 1. The van der Waals surface area contributed by atoms with E-state index in [1.54, 1.807) is 6.20 Å². The molecule has 16 heavy (non-hydrogen) atoms. The second-order valence-corrected chi connectivity index (χ2v) is 3.79. The van der Waals surface area contributed by atoms with Crippen molar-refractivity contribution in [3.05, 3.63) is 47.7 Å². The highest BCUT2D eigenvalue weighted by molar-refractivity contribution is 5.65. The largest absolute Gasteiger partial charge is 0.392 e. The molecule has 0 amide bonds. The molecule has 0 unspecified atom stereocenters. The van der Waals surface area contributed by atoms with Crippen LogP contribution in [0.1, 0.15) is 11.1 Å². The number of aliphatic hydroxyl groups is 1. The van der Waals surface area contributed by atoms with Crippen LogP contribution < -0.4 is 5.73 Å². The van der Waals surface area contributed by atoms with Gasteiger partial charge >= 0.3 is 0 Å². The summed E-state index contributed by atoms with van der Waals surface area (Å²) < 4.78 is 0. The van der Waals surface area contributed by atoms with Crippen molar-refractivity contribution in [2.24, 2.45) is 0 Å². The molecule has 1 aromatic heterocycles. The smallest absolute Gasteiger partial charge is 0.128 e. The molecule has 0 aliphatic rings. The summed E-state index contributed by atoms with van der Waals surface area (Å²) in [5, 5.41) is 9.11. The lowest BCUT2D eigenvalue weighted by Gasteiger charge is -2.06. The van der Waals surface area contributed by atoms with Gasteiger partial charge in [0.2, 0.25) is 0 Å². The van der Waals surface area contributed by atoms with E-state index in [9.17, 15) is 0 Å². The molecule has 0 radical (unpaired) electrons. The Bertz CT molecular complexity index is 492. The van der Waals surface area contributed by atoms with E-state index in [1.807, 2.05) is 37.3 Å². The van der Waals surface area contributed by atoms with Crippen molar-refractivity contribution in [1.82, 2.24) is 4.98 Å². The number of rotatable bonds is 2. The third-order valence-corrected chi connectivity index (χ3v) is 2.56. The van der Waals surface area contributed by atoms with E-state index < -0.39 is 0 Å². The second kappa shape index (κ2) is 4.33. The summed E-state index contributed by atoms with van der Waals surface area (Å²) in [6.07, 6.45) is 1.72. The van der Waals surface area contributed by atoms with Crippen molar-refractivity contribution >= 4 is 5.82 Å². The van der Waals surface area contributed by atoms with Crippen LogP contribution in [0.4, 0.5) is 5.82 Å². The van der Waals surface area contributed by atoms with E-state index in [2.05, 4.69) is 4.98 Å². The lowest BCUT2D eigenvalue weighted by molar-refractivity contribution is 0.282. The first-order valence-electron chi connectivity index (χ1n) is 5.13. The maximum Gasteiger partial charge on any atom is 0.128 e. The Morgan fingerprint density at radius 1 is 1.19 bits per heavy atom. The highest BCUT2D eigenvalue weighted by atomic mass is 16.3.